The molecule has 7 aromatic rings. The Hall–Kier alpha value is -4.68. The van der Waals surface area contributed by atoms with Gasteiger partial charge in [0.05, 0.1) is 5.41 Å². The normalized spacial score (nSPS) is 14.2. The van der Waals surface area contributed by atoms with Gasteiger partial charge in [-0.2, -0.15) is 0 Å². The monoisotopic (exact) mass is 580 g/mol. The van der Waals surface area contributed by atoms with Crippen molar-refractivity contribution < 1.29 is 0 Å². The van der Waals surface area contributed by atoms with Crippen molar-refractivity contribution >= 4 is 32.3 Å². The molecule has 45 heavy (non-hydrogen) atoms. The molecule has 220 valence electrons. The number of hydrogen-bond acceptors (Lipinski definition) is 0. The van der Waals surface area contributed by atoms with Crippen LogP contribution >= 0.6 is 0 Å². The maximum absolute atomic E-state index is 2.51. The van der Waals surface area contributed by atoms with E-state index in [2.05, 4.69) is 175 Å². The molecule has 7 aromatic carbocycles. The fourth-order valence-corrected chi connectivity index (χ4v) is 7.95. The quantitative estimate of drug-likeness (QED) is 0.178. The van der Waals surface area contributed by atoms with Crippen molar-refractivity contribution in [2.24, 2.45) is 0 Å². The maximum Gasteiger partial charge on any atom is 0.0720 e. The smallest absolute Gasteiger partial charge is 0.0622 e. The summed E-state index contributed by atoms with van der Waals surface area (Å²) in [7, 11) is 0. The summed E-state index contributed by atoms with van der Waals surface area (Å²) in [5.41, 5.74) is 10.4. The Bertz CT molecular complexity index is 2220. The number of hydrogen-bond donors (Lipinski definition) is 0. The predicted molar refractivity (Wildman–Crippen MR) is 194 cm³/mol. The summed E-state index contributed by atoms with van der Waals surface area (Å²) in [6.07, 6.45) is 0. The van der Waals surface area contributed by atoms with Crippen LogP contribution < -0.4 is 0 Å². The zero-order chi connectivity index (χ0) is 31.1. The van der Waals surface area contributed by atoms with E-state index in [1.54, 1.807) is 0 Å². The first-order valence-corrected chi connectivity index (χ1v) is 16.3. The Balaban J connectivity index is 1.72. The van der Waals surface area contributed by atoms with Crippen molar-refractivity contribution in [3.63, 3.8) is 0 Å². The molecule has 0 amide bonds. The molecule has 1 aliphatic rings. The van der Waals surface area contributed by atoms with E-state index in [9.17, 15) is 0 Å². The van der Waals surface area contributed by atoms with Gasteiger partial charge in [0.2, 0.25) is 0 Å². The minimum atomic E-state index is -0.488. The van der Waals surface area contributed by atoms with Crippen molar-refractivity contribution in [1.29, 1.82) is 0 Å². The Labute approximate surface area is 267 Å². The number of rotatable bonds is 2. The minimum absolute atomic E-state index is 0.0203. The van der Waals surface area contributed by atoms with E-state index >= 15 is 0 Å². The van der Waals surface area contributed by atoms with Gasteiger partial charge in [0.1, 0.15) is 0 Å². The van der Waals surface area contributed by atoms with Crippen LogP contribution in [0.25, 0.3) is 43.4 Å². The highest BCUT2D eigenvalue weighted by Crippen LogP contribution is 2.62. The average Bonchev–Trinajstić information content (AvgIpc) is 3.37. The first-order chi connectivity index (χ1) is 21.6. The van der Waals surface area contributed by atoms with Crippen LogP contribution in [-0.4, -0.2) is 0 Å². The van der Waals surface area contributed by atoms with Gasteiger partial charge in [0, 0.05) is 0 Å². The highest BCUT2D eigenvalue weighted by molar-refractivity contribution is 6.22. The minimum Gasteiger partial charge on any atom is -0.0622 e. The molecule has 0 fully saturated rings. The number of fused-ring (bicyclic) bond motifs is 10. The van der Waals surface area contributed by atoms with Gasteiger partial charge in [0.25, 0.3) is 0 Å². The summed E-state index contributed by atoms with van der Waals surface area (Å²) in [6, 6.07) is 50.8. The lowest BCUT2D eigenvalue weighted by atomic mass is 9.66. The molecule has 8 rings (SSSR count). The second-order valence-electron chi connectivity index (χ2n) is 15.0. The van der Waals surface area contributed by atoms with E-state index < -0.39 is 5.41 Å². The summed E-state index contributed by atoms with van der Waals surface area (Å²) in [5.74, 6) is 0. The van der Waals surface area contributed by atoms with E-state index in [4.69, 9.17) is 0 Å². The molecule has 0 heteroatoms. The molecule has 0 nitrogen and oxygen atoms in total. The van der Waals surface area contributed by atoms with Gasteiger partial charge in [0.15, 0.2) is 0 Å². The zero-order valence-corrected chi connectivity index (χ0v) is 27.2. The second kappa shape index (κ2) is 9.66. The summed E-state index contributed by atoms with van der Waals surface area (Å²) < 4.78 is 0. The standard InChI is InChI=1S/C45H40/c1-43(2,3)32-22-24-35-36-25-23-33(44(4,5)6)28-38(36)42-41(37(35)27-32)40-34-20-14-13-15-29(34)21-26-39(40)45(42,30-16-9-7-10-17-30)31-18-11-8-12-19-31/h7-28H,1-6H3. The van der Waals surface area contributed by atoms with E-state index in [-0.39, 0.29) is 10.8 Å². The third kappa shape index (κ3) is 3.98. The molecule has 0 atom stereocenters. The third-order valence-corrected chi connectivity index (χ3v) is 10.2. The van der Waals surface area contributed by atoms with Crippen LogP contribution in [0.15, 0.2) is 133 Å². The Morgan fingerprint density at radius 1 is 0.400 bits per heavy atom. The molecular weight excluding hydrogens is 540 g/mol. The van der Waals surface area contributed by atoms with Crippen LogP contribution in [0, 0.1) is 0 Å². The van der Waals surface area contributed by atoms with Crippen LogP contribution in [0.1, 0.15) is 74.9 Å². The van der Waals surface area contributed by atoms with Crippen LogP contribution in [0.2, 0.25) is 0 Å². The van der Waals surface area contributed by atoms with E-state index in [0.29, 0.717) is 0 Å². The van der Waals surface area contributed by atoms with Gasteiger partial charge < -0.3 is 0 Å². The SMILES string of the molecule is CC(C)(C)c1ccc2c(c1)c1c(c3cc(C(C)(C)C)ccc32)C(c2ccccc2)(c2ccccc2)c2ccc3ccccc3c2-1. The van der Waals surface area contributed by atoms with Gasteiger partial charge in [-0.15, -0.1) is 0 Å². The van der Waals surface area contributed by atoms with Gasteiger partial charge in [-0.3, -0.25) is 0 Å². The first-order valence-electron chi connectivity index (χ1n) is 16.3. The fourth-order valence-electron chi connectivity index (χ4n) is 7.95. The van der Waals surface area contributed by atoms with E-state index in [1.165, 1.54) is 76.8 Å². The van der Waals surface area contributed by atoms with Crippen LogP contribution in [0.5, 0.6) is 0 Å². The predicted octanol–water partition coefficient (Wildman–Crippen LogP) is 12.1. The largest absolute Gasteiger partial charge is 0.0720 e. The molecule has 1 aliphatic carbocycles. The Kier molecular flexibility index (Phi) is 5.97. The van der Waals surface area contributed by atoms with Gasteiger partial charge >= 0.3 is 0 Å². The first kappa shape index (κ1) is 27.8. The van der Waals surface area contributed by atoms with Crippen LogP contribution in [-0.2, 0) is 16.2 Å². The summed E-state index contributed by atoms with van der Waals surface area (Å²) in [4.78, 5) is 0. The van der Waals surface area contributed by atoms with Crippen molar-refractivity contribution in [2.75, 3.05) is 0 Å². The van der Waals surface area contributed by atoms with Gasteiger partial charge in [-0.1, -0.05) is 169 Å². The van der Waals surface area contributed by atoms with Gasteiger partial charge in [-0.05, 0) is 93.7 Å². The maximum atomic E-state index is 2.51. The highest BCUT2D eigenvalue weighted by atomic mass is 14.5. The summed E-state index contributed by atoms with van der Waals surface area (Å²) in [5, 5.41) is 7.95. The average molecular weight is 581 g/mol. The molecule has 0 aromatic heterocycles. The van der Waals surface area contributed by atoms with Crippen molar-refractivity contribution in [1.82, 2.24) is 0 Å². The molecule has 0 spiro atoms. The van der Waals surface area contributed by atoms with E-state index in [0.717, 1.165) is 0 Å². The second-order valence-corrected chi connectivity index (χ2v) is 15.0. The van der Waals surface area contributed by atoms with Crippen LogP contribution in [0.4, 0.5) is 0 Å². The highest BCUT2D eigenvalue weighted by Gasteiger charge is 2.48. The summed E-state index contributed by atoms with van der Waals surface area (Å²) >= 11 is 0. The zero-order valence-electron chi connectivity index (χ0n) is 27.2. The van der Waals surface area contributed by atoms with Crippen molar-refractivity contribution in [2.45, 2.75) is 57.8 Å². The van der Waals surface area contributed by atoms with Gasteiger partial charge in [-0.25, -0.2) is 0 Å². The van der Waals surface area contributed by atoms with Crippen LogP contribution in [0.3, 0.4) is 0 Å². The molecular formula is C45H40. The fraction of sp³-hybridized carbons (Fsp3) is 0.200. The van der Waals surface area contributed by atoms with Crippen molar-refractivity contribution in [3.8, 4) is 11.1 Å². The lowest BCUT2D eigenvalue weighted by Gasteiger charge is -2.35. The number of benzene rings is 7. The molecule has 0 saturated carbocycles. The Morgan fingerprint density at radius 2 is 0.911 bits per heavy atom. The Morgan fingerprint density at radius 3 is 1.49 bits per heavy atom. The molecule has 0 unspecified atom stereocenters. The molecule has 0 radical (unpaired) electrons. The molecule has 0 saturated heterocycles. The lowest BCUT2D eigenvalue weighted by molar-refractivity contribution is 0.590. The summed E-state index contributed by atoms with van der Waals surface area (Å²) in [6.45, 7) is 14.0. The topological polar surface area (TPSA) is 0 Å². The molecule has 0 N–H and O–H groups in total. The third-order valence-electron chi connectivity index (χ3n) is 10.2. The van der Waals surface area contributed by atoms with E-state index in [1.807, 2.05) is 0 Å². The van der Waals surface area contributed by atoms with Crippen molar-refractivity contribution in [3.05, 3.63) is 167 Å². The lowest BCUT2D eigenvalue weighted by Crippen LogP contribution is -2.29. The molecule has 0 heterocycles. The molecule has 0 aliphatic heterocycles. The molecule has 0 bridgehead atoms.